The van der Waals surface area contributed by atoms with Crippen LogP contribution in [0, 0.1) is 5.92 Å². The maximum atomic E-state index is 9.23. The Morgan fingerprint density at radius 1 is 1.44 bits per heavy atom. The van der Waals surface area contributed by atoms with E-state index >= 15 is 0 Å². The number of aliphatic hydroxyl groups is 1. The summed E-state index contributed by atoms with van der Waals surface area (Å²) in [6, 6.07) is 0. The Morgan fingerprint density at radius 2 is 2.33 bits per heavy atom. The van der Waals surface area contributed by atoms with Gasteiger partial charge in [-0.2, -0.15) is 0 Å². The molecule has 2 heteroatoms. The van der Waals surface area contributed by atoms with Gasteiger partial charge in [0.2, 0.25) is 0 Å². The highest BCUT2D eigenvalue weighted by atomic mass is 16.5. The molecule has 2 aliphatic rings. The second-order valence-electron chi connectivity index (χ2n) is 2.74. The predicted octanol–water partition coefficient (Wildman–Crippen LogP) is 0.670. The minimum Gasteiger partial charge on any atom is -0.495 e. The molecule has 1 N–H and O–H groups in total. The second-order valence-corrected chi connectivity index (χ2v) is 2.74. The largest absolute Gasteiger partial charge is 0.495 e. The lowest BCUT2D eigenvalue weighted by Crippen LogP contribution is -2.22. The highest BCUT2D eigenvalue weighted by Crippen LogP contribution is 2.33. The Hall–Kier alpha value is -0.500. The van der Waals surface area contributed by atoms with Crippen molar-refractivity contribution < 1.29 is 9.84 Å². The Balaban J connectivity index is 2.13. The Labute approximate surface area is 54.1 Å². The van der Waals surface area contributed by atoms with E-state index in [1.54, 1.807) is 6.26 Å². The van der Waals surface area contributed by atoms with E-state index in [1.165, 1.54) is 0 Å². The van der Waals surface area contributed by atoms with Gasteiger partial charge in [-0.15, -0.1) is 0 Å². The Bertz CT molecular complexity index is 142. The highest BCUT2D eigenvalue weighted by Gasteiger charge is 2.37. The Morgan fingerprint density at radius 3 is 3.11 bits per heavy atom. The van der Waals surface area contributed by atoms with E-state index < -0.39 is 0 Å². The fourth-order valence-corrected chi connectivity index (χ4v) is 1.61. The summed E-state index contributed by atoms with van der Waals surface area (Å²) in [5.41, 5.74) is 0. The maximum Gasteiger partial charge on any atom is 0.130 e. The van der Waals surface area contributed by atoms with Crippen LogP contribution in [0.4, 0.5) is 0 Å². The summed E-state index contributed by atoms with van der Waals surface area (Å²) in [6.07, 6.45) is 5.61. The summed E-state index contributed by atoms with van der Waals surface area (Å²) in [7, 11) is 0. The number of hydrogen-bond donors (Lipinski definition) is 1. The molecule has 0 aromatic heterocycles. The molecule has 0 radical (unpaired) electrons. The van der Waals surface area contributed by atoms with Crippen LogP contribution < -0.4 is 0 Å². The Kier molecular flexibility index (Phi) is 1.02. The van der Waals surface area contributed by atoms with Crippen molar-refractivity contribution in [3.8, 4) is 0 Å². The van der Waals surface area contributed by atoms with Crippen LogP contribution in [0.3, 0.4) is 0 Å². The van der Waals surface area contributed by atoms with Crippen LogP contribution in [0.15, 0.2) is 12.3 Å². The van der Waals surface area contributed by atoms with E-state index in [9.17, 15) is 5.11 Å². The van der Waals surface area contributed by atoms with Crippen LogP contribution in [-0.4, -0.2) is 17.3 Å². The zero-order valence-electron chi connectivity index (χ0n) is 5.16. The van der Waals surface area contributed by atoms with Gasteiger partial charge in [0, 0.05) is 5.92 Å². The molecule has 0 bridgehead atoms. The second kappa shape index (κ2) is 1.74. The van der Waals surface area contributed by atoms with Crippen LogP contribution in [0.5, 0.6) is 0 Å². The maximum absolute atomic E-state index is 9.23. The van der Waals surface area contributed by atoms with Gasteiger partial charge < -0.3 is 9.84 Å². The molecular formula is C7H10O2. The lowest BCUT2D eigenvalue weighted by molar-refractivity contribution is 0.0323. The SMILES string of the molecule is O[C@@H]1CC[C@@H]2C=CO[C@H]12. The lowest BCUT2D eigenvalue weighted by atomic mass is 10.1. The van der Waals surface area contributed by atoms with Crippen molar-refractivity contribution in [2.24, 2.45) is 5.92 Å². The van der Waals surface area contributed by atoms with E-state index in [0.29, 0.717) is 5.92 Å². The molecule has 0 saturated heterocycles. The third-order valence-corrected chi connectivity index (χ3v) is 2.16. The molecular weight excluding hydrogens is 116 g/mol. The van der Waals surface area contributed by atoms with Crippen LogP contribution in [-0.2, 0) is 4.74 Å². The molecule has 0 aromatic carbocycles. The predicted molar refractivity (Wildman–Crippen MR) is 32.7 cm³/mol. The normalized spacial score (nSPS) is 47.0. The molecule has 1 aliphatic carbocycles. The van der Waals surface area contributed by atoms with Gasteiger partial charge in [0.05, 0.1) is 12.4 Å². The van der Waals surface area contributed by atoms with Gasteiger partial charge in [-0.05, 0) is 18.9 Å². The van der Waals surface area contributed by atoms with E-state index in [0.717, 1.165) is 12.8 Å². The fourth-order valence-electron chi connectivity index (χ4n) is 1.61. The van der Waals surface area contributed by atoms with Crippen molar-refractivity contribution >= 4 is 0 Å². The van der Waals surface area contributed by atoms with Gasteiger partial charge in [0.1, 0.15) is 6.10 Å². The van der Waals surface area contributed by atoms with Crippen molar-refractivity contribution in [1.29, 1.82) is 0 Å². The molecule has 1 aliphatic heterocycles. The number of fused-ring (bicyclic) bond motifs is 1. The molecule has 0 spiro atoms. The first-order valence-electron chi connectivity index (χ1n) is 3.38. The first-order chi connectivity index (χ1) is 4.38. The molecule has 1 saturated carbocycles. The van der Waals surface area contributed by atoms with Crippen molar-refractivity contribution in [1.82, 2.24) is 0 Å². The highest BCUT2D eigenvalue weighted by molar-refractivity contribution is 5.02. The summed E-state index contributed by atoms with van der Waals surface area (Å²) in [6.45, 7) is 0. The van der Waals surface area contributed by atoms with Crippen molar-refractivity contribution in [2.75, 3.05) is 0 Å². The van der Waals surface area contributed by atoms with Gasteiger partial charge in [0.25, 0.3) is 0 Å². The average molecular weight is 126 g/mol. The quantitative estimate of drug-likeness (QED) is 0.517. The summed E-state index contributed by atoms with van der Waals surface area (Å²) in [4.78, 5) is 0. The minimum atomic E-state index is -0.218. The molecule has 2 rings (SSSR count). The summed E-state index contributed by atoms with van der Waals surface area (Å²) >= 11 is 0. The van der Waals surface area contributed by atoms with E-state index in [4.69, 9.17) is 4.74 Å². The number of ether oxygens (including phenoxy) is 1. The first-order valence-corrected chi connectivity index (χ1v) is 3.38. The molecule has 9 heavy (non-hydrogen) atoms. The molecule has 0 amide bonds. The molecule has 50 valence electrons. The topological polar surface area (TPSA) is 29.5 Å². The molecule has 0 aromatic rings. The van der Waals surface area contributed by atoms with Crippen molar-refractivity contribution in [3.63, 3.8) is 0 Å². The smallest absolute Gasteiger partial charge is 0.130 e. The zero-order valence-corrected chi connectivity index (χ0v) is 5.16. The van der Waals surface area contributed by atoms with E-state index in [1.807, 2.05) is 6.08 Å². The fraction of sp³-hybridized carbons (Fsp3) is 0.714. The summed E-state index contributed by atoms with van der Waals surface area (Å²) in [5, 5.41) is 9.23. The monoisotopic (exact) mass is 126 g/mol. The number of aliphatic hydroxyl groups excluding tert-OH is 1. The first kappa shape index (κ1) is 5.30. The number of rotatable bonds is 0. The standard InChI is InChI=1S/C7H10O2/c8-6-2-1-5-3-4-9-7(5)6/h3-8H,1-2H2/t5-,6-,7+/m1/s1. The lowest BCUT2D eigenvalue weighted by Gasteiger charge is -2.11. The molecule has 0 unspecified atom stereocenters. The van der Waals surface area contributed by atoms with Gasteiger partial charge in [-0.25, -0.2) is 0 Å². The van der Waals surface area contributed by atoms with Crippen LogP contribution in [0.1, 0.15) is 12.8 Å². The van der Waals surface area contributed by atoms with Crippen LogP contribution >= 0.6 is 0 Å². The van der Waals surface area contributed by atoms with E-state index in [-0.39, 0.29) is 12.2 Å². The average Bonchev–Trinajstić information content (AvgIpc) is 2.35. The van der Waals surface area contributed by atoms with Crippen LogP contribution in [0.25, 0.3) is 0 Å². The van der Waals surface area contributed by atoms with Gasteiger partial charge in [-0.3, -0.25) is 0 Å². The van der Waals surface area contributed by atoms with Crippen molar-refractivity contribution in [3.05, 3.63) is 12.3 Å². The van der Waals surface area contributed by atoms with Crippen LogP contribution in [0.2, 0.25) is 0 Å². The zero-order chi connectivity index (χ0) is 6.27. The van der Waals surface area contributed by atoms with Gasteiger partial charge >= 0.3 is 0 Å². The molecule has 1 heterocycles. The van der Waals surface area contributed by atoms with Gasteiger partial charge in [0.15, 0.2) is 0 Å². The van der Waals surface area contributed by atoms with E-state index in [2.05, 4.69) is 0 Å². The van der Waals surface area contributed by atoms with Gasteiger partial charge in [-0.1, -0.05) is 0 Å². The third kappa shape index (κ3) is 0.663. The third-order valence-electron chi connectivity index (χ3n) is 2.16. The van der Waals surface area contributed by atoms with Crippen molar-refractivity contribution in [2.45, 2.75) is 25.0 Å². The molecule has 2 nitrogen and oxygen atoms in total. The number of hydrogen-bond acceptors (Lipinski definition) is 2. The summed E-state index contributed by atoms with van der Waals surface area (Å²) < 4.78 is 5.16. The summed E-state index contributed by atoms with van der Waals surface area (Å²) in [5.74, 6) is 0.500. The molecule has 3 atom stereocenters. The minimum absolute atomic E-state index is 0.0880. The molecule has 1 fully saturated rings.